The van der Waals surface area contributed by atoms with Crippen LogP contribution < -0.4 is 19.3 Å². The number of sulfonamides is 1. The first kappa shape index (κ1) is 26.4. The molecule has 0 fully saturated rings. The number of anilines is 2. The van der Waals surface area contributed by atoms with Gasteiger partial charge in [0.15, 0.2) is 0 Å². The van der Waals surface area contributed by atoms with Crippen molar-refractivity contribution in [3.05, 3.63) is 83.4 Å². The van der Waals surface area contributed by atoms with Gasteiger partial charge in [0.2, 0.25) is 5.91 Å². The van der Waals surface area contributed by atoms with Gasteiger partial charge in [0.25, 0.3) is 10.0 Å². The number of benzene rings is 3. The second-order valence-electron chi connectivity index (χ2n) is 7.76. The Bertz CT molecular complexity index is 1230. The minimum atomic E-state index is -4.02. The zero-order valence-electron chi connectivity index (χ0n) is 20.1. The molecule has 0 aromatic heterocycles. The van der Waals surface area contributed by atoms with Crippen molar-refractivity contribution >= 4 is 38.9 Å². The van der Waals surface area contributed by atoms with Crippen LogP contribution in [-0.4, -0.2) is 41.1 Å². The summed E-state index contributed by atoms with van der Waals surface area (Å²) in [5.74, 6) is -0.0330. The van der Waals surface area contributed by atoms with Crippen LogP contribution >= 0.6 is 11.6 Å². The molecular weight excluding hydrogens is 486 g/mol. The van der Waals surface area contributed by atoms with Gasteiger partial charge in [0.05, 0.1) is 22.7 Å². The van der Waals surface area contributed by atoms with E-state index in [1.165, 1.54) is 25.3 Å². The van der Waals surface area contributed by atoms with Crippen LogP contribution in [0.1, 0.15) is 19.4 Å². The first-order valence-corrected chi connectivity index (χ1v) is 13.1. The first-order chi connectivity index (χ1) is 16.8. The molecule has 0 heterocycles. The highest BCUT2D eigenvalue weighted by molar-refractivity contribution is 7.92. The van der Waals surface area contributed by atoms with Crippen molar-refractivity contribution in [2.45, 2.75) is 25.3 Å². The van der Waals surface area contributed by atoms with Crippen LogP contribution in [0, 0.1) is 0 Å². The van der Waals surface area contributed by atoms with Gasteiger partial charge in [-0.3, -0.25) is 9.10 Å². The van der Waals surface area contributed by atoms with Gasteiger partial charge >= 0.3 is 0 Å². The quantitative estimate of drug-likeness (QED) is 0.400. The van der Waals surface area contributed by atoms with Crippen molar-refractivity contribution in [3.8, 4) is 5.75 Å². The molecule has 3 aromatic rings. The second-order valence-corrected chi connectivity index (χ2v) is 10.0. The maximum Gasteiger partial charge on any atom is 0.264 e. The molecule has 0 aliphatic carbocycles. The number of carbonyl (C=O) groups is 1. The van der Waals surface area contributed by atoms with Crippen LogP contribution in [0.15, 0.2) is 77.7 Å². The number of methoxy groups -OCH3 is 1. The van der Waals surface area contributed by atoms with Crippen molar-refractivity contribution in [3.63, 3.8) is 0 Å². The SMILES string of the molecule is CCN(CC)c1ccc(CNC(=O)CN(c2ccc(OC)c(Cl)c2)S(=O)(=O)c2ccccc2)cc1. The van der Waals surface area contributed by atoms with E-state index in [1.807, 2.05) is 24.3 Å². The molecule has 3 rings (SSSR count). The van der Waals surface area contributed by atoms with Gasteiger partial charge in [0.1, 0.15) is 12.3 Å². The molecule has 0 radical (unpaired) electrons. The van der Waals surface area contributed by atoms with Crippen LogP contribution in [0.5, 0.6) is 5.75 Å². The lowest BCUT2D eigenvalue weighted by molar-refractivity contribution is -0.119. The molecule has 35 heavy (non-hydrogen) atoms. The molecule has 0 bridgehead atoms. The third kappa shape index (κ3) is 6.46. The predicted octanol–water partition coefficient (Wildman–Crippen LogP) is 4.71. The number of rotatable bonds is 11. The van der Waals surface area contributed by atoms with Gasteiger partial charge in [-0.2, -0.15) is 0 Å². The highest BCUT2D eigenvalue weighted by atomic mass is 35.5. The number of hydrogen-bond donors (Lipinski definition) is 1. The molecule has 0 atom stereocenters. The van der Waals surface area contributed by atoms with Gasteiger partial charge in [0, 0.05) is 25.3 Å². The van der Waals surface area contributed by atoms with Crippen molar-refractivity contribution in [1.29, 1.82) is 0 Å². The van der Waals surface area contributed by atoms with E-state index in [4.69, 9.17) is 16.3 Å². The Morgan fingerprint density at radius 1 is 0.943 bits per heavy atom. The molecule has 9 heteroatoms. The summed E-state index contributed by atoms with van der Waals surface area (Å²) in [4.78, 5) is 15.2. The fourth-order valence-electron chi connectivity index (χ4n) is 3.65. The highest BCUT2D eigenvalue weighted by Gasteiger charge is 2.27. The minimum absolute atomic E-state index is 0.0757. The van der Waals surface area contributed by atoms with Gasteiger partial charge < -0.3 is 15.0 Å². The fraction of sp³-hybridized carbons (Fsp3) is 0.269. The number of nitrogens with zero attached hydrogens (tertiary/aromatic N) is 2. The van der Waals surface area contributed by atoms with Crippen LogP contribution in [0.3, 0.4) is 0 Å². The van der Waals surface area contributed by atoms with Crippen molar-refractivity contribution in [1.82, 2.24) is 5.32 Å². The Morgan fingerprint density at radius 2 is 1.57 bits per heavy atom. The molecule has 0 aliphatic heterocycles. The lowest BCUT2D eigenvalue weighted by Crippen LogP contribution is -2.40. The highest BCUT2D eigenvalue weighted by Crippen LogP contribution is 2.31. The van der Waals surface area contributed by atoms with Crippen LogP contribution in [0.25, 0.3) is 0 Å². The molecule has 186 valence electrons. The molecule has 1 N–H and O–H groups in total. The summed E-state index contributed by atoms with van der Waals surface area (Å²) in [7, 11) is -2.55. The Kier molecular flexibility index (Phi) is 9.01. The van der Waals surface area contributed by atoms with Crippen LogP contribution in [0.4, 0.5) is 11.4 Å². The topological polar surface area (TPSA) is 79.0 Å². The van der Waals surface area contributed by atoms with E-state index in [9.17, 15) is 13.2 Å². The summed E-state index contributed by atoms with van der Waals surface area (Å²) in [6, 6.07) is 20.5. The third-order valence-electron chi connectivity index (χ3n) is 5.60. The number of amides is 1. The Balaban J connectivity index is 1.80. The van der Waals surface area contributed by atoms with Crippen molar-refractivity contribution < 1.29 is 17.9 Å². The van der Waals surface area contributed by atoms with E-state index in [2.05, 4.69) is 24.1 Å². The molecule has 0 spiro atoms. The zero-order valence-corrected chi connectivity index (χ0v) is 21.6. The predicted molar refractivity (Wildman–Crippen MR) is 141 cm³/mol. The summed E-state index contributed by atoms with van der Waals surface area (Å²) in [6.45, 7) is 5.89. The standard InChI is InChI=1S/C26H30ClN3O4S/c1-4-29(5-2)21-13-11-20(12-14-21)18-28-26(31)19-30(22-15-16-25(34-3)24(27)17-22)35(32,33)23-9-7-6-8-10-23/h6-17H,4-5,18-19H2,1-3H3,(H,28,31). The molecule has 0 aliphatic rings. The molecule has 3 aromatic carbocycles. The molecule has 1 amide bonds. The Hall–Kier alpha value is -3.23. The third-order valence-corrected chi connectivity index (χ3v) is 7.68. The second kappa shape index (κ2) is 12.0. The van der Waals surface area contributed by atoms with Gasteiger partial charge in [-0.25, -0.2) is 8.42 Å². The number of carbonyl (C=O) groups excluding carboxylic acids is 1. The molecular formula is C26H30ClN3O4S. The normalized spacial score (nSPS) is 11.1. The van der Waals surface area contributed by atoms with E-state index in [-0.39, 0.29) is 22.2 Å². The summed E-state index contributed by atoms with van der Waals surface area (Å²) >= 11 is 6.25. The molecule has 7 nitrogen and oxygen atoms in total. The maximum atomic E-state index is 13.4. The zero-order chi connectivity index (χ0) is 25.4. The van der Waals surface area contributed by atoms with E-state index in [0.29, 0.717) is 5.75 Å². The number of ether oxygens (including phenoxy) is 1. The average molecular weight is 516 g/mol. The summed E-state index contributed by atoms with van der Waals surface area (Å²) < 4.78 is 33.1. The van der Waals surface area contributed by atoms with E-state index in [0.717, 1.165) is 28.6 Å². The van der Waals surface area contributed by atoms with Gasteiger partial charge in [-0.05, 0) is 61.9 Å². The van der Waals surface area contributed by atoms with E-state index in [1.54, 1.807) is 30.3 Å². The molecule has 0 saturated carbocycles. The first-order valence-electron chi connectivity index (χ1n) is 11.3. The van der Waals surface area contributed by atoms with Crippen LogP contribution in [0.2, 0.25) is 5.02 Å². The summed E-state index contributed by atoms with van der Waals surface area (Å²) in [6.07, 6.45) is 0. The summed E-state index contributed by atoms with van der Waals surface area (Å²) in [5.41, 5.74) is 2.29. The smallest absolute Gasteiger partial charge is 0.264 e. The summed E-state index contributed by atoms with van der Waals surface area (Å²) in [5, 5.41) is 3.06. The van der Waals surface area contributed by atoms with E-state index < -0.39 is 22.5 Å². The number of halogens is 1. The average Bonchev–Trinajstić information content (AvgIpc) is 2.88. The lowest BCUT2D eigenvalue weighted by atomic mass is 10.2. The van der Waals surface area contributed by atoms with Crippen molar-refractivity contribution in [2.75, 3.05) is 35.9 Å². The largest absolute Gasteiger partial charge is 0.495 e. The Labute approximate surface area is 212 Å². The van der Waals surface area contributed by atoms with Crippen LogP contribution in [-0.2, 0) is 21.4 Å². The van der Waals surface area contributed by atoms with Gasteiger partial charge in [-0.1, -0.05) is 41.9 Å². The minimum Gasteiger partial charge on any atom is -0.495 e. The monoisotopic (exact) mass is 515 g/mol. The Morgan fingerprint density at radius 3 is 2.14 bits per heavy atom. The lowest BCUT2D eigenvalue weighted by Gasteiger charge is -2.24. The number of nitrogens with one attached hydrogen (secondary N) is 1. The molecule has 0 unspecified atom stereocenters. The number of hydrogen-bond acceptors (Lipinski definition) is 5. The van der Waals surface area contributed by atoms with E-state index >= 15 is 0 Å². The van der Waals surface area contributed by atoms with Crippen molar-refractivity contribution in [2.24, 2.45) is 0 Å². The molecule has 0 saturated heterocycles. The maximum absolute atomic E-state index is 13.4. The van der Waals surface area contributed by atoms with Gasteiger partial charge in [-0.15, -0.1) is 0 Å². The fourth-order valence-corrected chi connectivity index (χ4v) is 5.33.